The van der Waals surface area contributed by atoms with Crippen molar-refractivity contribution in [3.63, 3.8) is 0 Å². The predicted molar refractivity (Wildman–Crippen MR) is 114 cm³/mol. The molecule has 3 N–H and O–H groups in total. The number of rotatable bonds is 7. The third-order valence-electron chi connectivity index (χ3n) is 4.73. The fourth-order valence-corrected chi connectivity index (χ4v) is 3.21. The van der Waals surface area contributed by atoms with Crippen LogP contribution in [0, 0.1) is 0 Å². The number of benzene rings is 3. The Labute approximate surface area is 164 Å². The number of anilines is 1. The molecule has 0 aliphatic heterocycles. The van der Waals surface area contributed by atoms with E-state index in [4.69, 9.17) is 0 Å². The highest BCUT2D eigenvalue weighted by Gasteiger charge is 2.03. The van der Waals surface area contributed by atoms with Crippen LogP contribution in [0.1, 0.15) is 16.7 Å². The number of phenols is 1. The Kier molecular flexibility index (Phi) is 5.50. The first-order valence-electron chi connectivity index (χ1n) is 9.42. The molecular weight excluding hydrogens is 346 g/mol. The molecule has 4 rings (SSSR count). The lowest BCUT2D eigenvalue weighted by atomic mass is 10.1. The summed E-state index contributed by atoms with van der Waals surface area (Å²) in [5, 5.41) is 17.6. The molecule has 4 heteroatoms. The number of pyridine rings is 1. The van der Waals surface area contributed by atoms with Gasteiger partial charge in [-0.3, -0.25) is 4.98 Å². The molecule has 0 unspecified atom stereocenters. The Bertz CT molecular complexity index is 1050. The van der Waals surface area contributed by atoms with Gasteiger partial charge in [0.15, 0.2) is 0 Å². The third kappa shape index (κ3) is 4.48. The van der Waals surface area contributed by atoms with Gasteiger partial charge in [-0.15, -0.1) is 0 Å². The van der Waals surface area contributed by atoms with E-state index in [-0.39, 0.29) is 5.75 Å². The van der Waals surface area contributed by atoms with E-state index in [0.29, 0.717) is 0 Å². The molecule has 0 saturated heterocycles. The van der Waals surface area contributed by atoms with Crippen molar-refractivity contribution in [1.29, 1.82) is 0 Å². The van der Waals surface area contributed by atoms with E-state index in [1.807, 2.05) is 18.2 Å². The largest absolute Gasteiger partial charge is 0.508 e. The second-order valence-electron chi connectivity index (χ2n) is 6.82. The van der Waals surface area contributed by atoms with E-state index in [0.717, 1.165) is 36.2 Å². The summed E-state index contributed by atoms with van der Waals surface area (Å²) in [6.07, 6.45) is 1.76. The van der Waals surface area contributed by atoms with Gasteiger partial charge in [0.2, 0.25) is 0 Å². The van der Waals surface area contributed by atoms with E-state index >= 15 is 0 Å². The number of hydrogen-bond acceptors (Lipinski definition) is 4. The number of aromatic hydroxyl groups is 1. The molecule has 1 heterocycles. The van der Waals surface area contributed by atoms with E-state index < -0.39 is 0 Å². The maximum atomic E-state index is 9.62. The highest BCUT2D eigenvalue weighted by atomic mass is 16.3. The quantitative estimate of drug-likeness (QED) is 0.436. The molecule has 0 saturated carbocycles. The average Bonchev–Trinajstić information content (AvgIpc) is 2.73. The van der Waals surface area contributed by atoms with Gasteiger partial charge in [-0.2, -0.15) is 0 Å². The number of hydrogen-bond donors (Lipinski definition) is 3. The van der Waals surface area contributed by atoms with Gasteiger partial charge in [-0.25, -0.2) is 0 Å². The Balaban J connectivity index is 1.33. The van der Waals surface area contributed by atoms with E-state index in [1.165, 1.54) is 16.7 Å². The molecule has 1 aromatic heterocycles. The van der Waals surface area contributed by atoms with Gasteiger partial charge < -0.3 is 15.7 Å². The fraction of sp³-hybridized carbons (Fsp3) is 0.125. The second-order valence-corrected chi connectivity index (χ2v) is 6.82. The number of phenolic OH excluding ortho intramolecular Hbond substituents is 1. The number of fused-ring (bicyclic) bond motifs is 1. The van der Waals surface area contributed by atoms with Crippen LogP contribution < -0.4 is 10.6 Å². The van der Waals surface area contributed by atoms with Crippen molar-refractivity contribution >= 4 is 16.6 Å². The van der Waals surface area contributed by atoms with Crippen molar-refractivity contribution in [2.24, 2.45) is 0 Å². The second kappa shape index (κ2) is 8.55. The first-order valence-corrected chi connectivity index (χ1v) is 9.42. The molecule has 4 nitrogen and oxygen atoms in total. The van der Waals surface area contributed by atoms with Gasteiger partial charge in [0, 0.05) is 43.0 Å². The molecule has 0 bridgehead atoms. The average molecular weight is 369 g/mol. The standard InChI is InChI=1S/C24H23N3O/c28-21-10-11-22-23(12-13-26-24(22)14-21)27-17-20-8-6-19(7-9-20)16-25-15-18-4-2-1-3-5-18/h1-14,25,28H,15-17H2,(H,26,27). The Morgan fingerprint density at radius 2 is 1.39 bits per heavy atom. The summed E-state index contributed by atoms with van der Waals surface area (Å²) < 4.78 is 0. The zero-order chi connectivity index (χ0) is 19.2. The molecule has 0 aliphatic carbocycles. The SMILES string of the molecule is Oc1ccc2c(NCc3ccc(CNCc4ccccc4)cc3)ccnc2c1. The molecule has 3 aromatic carbocycles. The maximum Gasteiger partial charge on any atom is 0.117 e. The lowest BCUT2D eigenvalue weighted by Gasteiger charge is -2.11. The van der Waals surface area contributed by atoms with Gasteiger partial charge in [-0.05, 0) is 34.9 Å². The van der Waals surface area contributed by atoms with Gasteiger partial charge in [0.1, 0.15) is 5.75 Å². The van der Waals surface area contributed by atoms with Crippen LogP contribution in [0.5, 0.6) is 5.75 Å². The van der Waals surface area contributed by atoms with E-state index in [1.54, 1.807) is 18.3 Å². The van der Waals surface area contributed by atoms with Crippen LogP contribution in [-0.4, -0.2) is 10.1 Å². The van der Waals surface area contributed by atoms with Crippen LogP contribution in [-0.2, 0) is 19.6 Å². The Morgan fingerprint density at radius 1 is 0.714 bits per heavy atom. The monoisotopic (exact) mass is 369 g/mol. The van der Waals surface area contributed by atoms with Crippen LogP contribution in [0.25, 0.3) is 10.9 Å². The molecule has 0 aliphatic rings. The third-order valence-corrected chi connectivity index (χ3v) is 4.73. The fourth-order valence-electron chi connectivity index (χ4n) is 3.21. The van der Waals surface area contributed by atoms with Crippen LogP contribution in [0.2, 0.25) is 0 Å². The minimum Gasteiger partial charge on any atom is -0.508 e. The minimum absolute atomic E-state index is 0.230. The Hall–Kier alpha value is -3.37. The first-order chi connectivity index (χ1) is 13.8. The molecular formula is C24H23N3O. The molecule has 0 radical (unpaired) electrons. The normalized spacial score (nSPS) is 10.9. The molecule has 0 amide bonds. The van der Waals surface area contributed by atoms with E-state index in [9.17, 15) is 5.11 Å². The van der Waals surface area contributed by atoms with Crippen LogP contribution in [0.4, 0.5) is 5.69 Å². The number of nitrogens with zero attached hydrogens (tertiary/aromatic N) is 1. The van der Waals surface area contributed by atoms with Crippen LogP contribution >= 0.6 is 0 Å². The van der Waals surface area contributed by atoms with Crippen molar-refractivity contribution in [3.05, 3.63) is 102 Å². The van der Waals surface area contributed by atoms with Crippen LogP contribution in [0.15, 0.2) is 85.1 Å². The zero-order valence-corrected chi connectivity index (χ0v) is 15.6. The van der Waals surface area contributed by atoms with Gasteiger partial charge in [0.25, 0.3) is 0 Å². The number of aromatic nitrogens is 1. The summed E-state index contributed by atoms with van der Waals surface area (Å²) in [6.45, 7) is 2.45. The maximum absolute atomic E-state index is 9.62. The van der Waals surface area contributed by atoms with Crippen molar-refractivity contribution in [2.45, 2.75) is 19.6 Å². The lowest BCUT2D eigenvalue weighted by Crippen LogP contribution is -2.12. The van der Waals surface area contributed by atoms with Gasteiger partial charge in [0.05, 0.1) is 5.52 Å². The molecule has 140 valence electrons. The Morgan fingerprint density at radius 3 is 2.14 bits per heavy atom. The highest BCUT2D eigenvalue weighted by Crippen LogP contribution is 2.25. The molecule has 0 spiro atoms. The topological polar surface area (TPSA) is 57.2 Å². The predicted octanol–water partition coefficient (Wildman–Crippen LogP) is 4.84. The van der Waals surface area contributed by atoms with Crippen molar-refractivity contribution in [1.82, 2.24) is 10.3 Å². The number of nitrogens with one attached hydrogen (secondary N) is 2. The van der Waals surface area contributed by atoms with Crippen molar-refractivity contribution < 1.29 is 5.11 Å². The van der Waals surface area contributed by atoms with Crippen LogP contribution in [0.3, 0.4) is 0 Å². The summed E-state index contributed by atoms with van der Waals surface area (Å²) in [5.74, 6) is 0.230. The zero-order valence-electron chi connectivity index (χ0n) is 15.6. The summed E-state index contributed by atoms with van der Waals surface area (Å²) >= 11 is 0. The smallest absolute Gasteiger partial charge is 0.117 e. The summed E-state index contributed by atoms with van der Waals surface area (Å²) in [6, 6.07) is 26.3. The summed E-state index contributed by atoms with van der Waals surface area (Å²) in [7, 11) is 0. The lowest BCUT2D eigenvalue weighted by molar-refractivity contribution is 0.476. The molecule has 0 fully saturated rings. The highest BCUT2D eigenvalue weighted by molar-refractivity contribution is 5.91. The minimum atomic E-state index is 0.230. The van der Waals surface area contributed by atoms with Crippen molar-refractivity contribution in [2.75, 3.05) is 5.32 Å². The molecule has 28 heavy (non-hydrogen) atoms. The van der Waals surface area contributed by atoms with Gasteiger partial charge >= 0.3 is 0 Å². The molecule has 4 aromatic rings. The molecule has 0 atom stereocenters. The summed E-state index contributed by atoms with van der Waals surface area (Å²) in [4.78, 5) is 4.31. The van der Waals surface area contributed by atoms with Gasteiger partial charge in [-0.1, -0.05) is 54.6 Å². The first kappa shape index (κ1) is 18.0. The van der Waals surface area contributed by atoms with Crippen molar-refractivity contribution in [3.8, 4) is 5.75 Å². The summed E-state index contributed by atoms with van der Waals surface area (Å²) in [5.41, 5.74) is 5.57. The van der Waals surface area contributed by atoms with E-state index in [2.05, 4.69) is 64.1 Å².